The molecule has 0 saturated carbocycles. The van der Waals surface area contributed by atoms with Crippen LogP contribution in [0.1, 0.15) is 13.3 Å². The highest BCUT2D eigenvalue weighted by atomic mass is 28.4. The number of aliphatic hydroxyl groups is 1. The molecule has 0 spiro atoms. The van der Waals surface area contributed by atoms with Gasteiger partial charge in [-0.05, 0) is 13.0 Å². The molecule has 5 nitrogen and oxygen atoms in total. The number of piperazine rings is 1. The summed E-state index contributed by atoms with van der Waals surface area (Å²) < 4.78 is 10.2. The van der Waals surface area contributed by atoms with Crippen molar-refractivity contribution in [2.75, 3.05) is 40.4 Å². The van der Waals surface area contributed by atoms with Crippen LogP contribution in [0.5, 0.6) is 0 Å². The Labute approximate surface area is 99.8 Å². The van der Waals surface area contributed by atoms with E-state index in [-0.39, 0.29) is 0 Å². The van der Waals surface area contributed by atoms with Crippen molar-refractivity contribution in [1.82, 2.24) is 10.6 Å². The molecule has 0 radical (unpaired) electrons. The molecule has 1 heterocycles. The smallest absolute Gasteiger partial charge is 0.364 e. The van der Waals surface area contributed by atoms with Crippen LogP contribution in [0.2, 0.25) is 6.55 Å². The van der Waals surface area contributed by atoms with Gasteiger partial charge in [-0.15, -0.1) is 0 Å². The third-order valence-corrected chi connectivity index (χ3v) is 6.00. The van der Waals surface area contributed by atoms with Crippen molar-refractivity contribution in [1.29, 1.82) is 0 Å². The molecule has 0 aromatic rings. The number of rotatable bonds is 4. The van der Waals surface area contributed by atoms with Crippen LogP contribution in [0.25, 0.3) is 0 Å². The Bertz CT molecular complexity index is 153. The molecule has 1 aliphatic rings. The van der Waals surface area contributed by atoms with E-state index in [0.29, 0.717) is 6.42 Å². The maximum atomic E-state index is 9.39. The van der Waals surface area contributed by atoms with Crippen molar-refractivity contribution in [3.05, 3.63) is 0 Å². The van der Waals surface area contributed by atoms with Gasteiger partial charge in [0.1, 0.15) is 0 Å². The highest BCUT2D eigenvalue weighted by Gasteiger charge is 2.36. The van der Waals surface area contributed by atoms with Crippen LogP contribution >= 0.6 is 0 Å². The Balaban J connectivity index is 0.000000315. The van der Waals surface area contributed by atoms with E-state index in [1.807, 2.05) is 13.5 Å². The molecular formula is C10H26N2O3Si. The fraction of sp³-hybridized carbons (Fsp3) is 1.00. The van der Waals surface area contributed by atoms with Gasteiger partial charge in [-0.25, -0.2) is 0 Å². The molecule has 1 rings (SSSR count). The molecule has 3 N–H and O–H groups in total. The lowest BCUT2D eigenvalue weighted by molar-refractivity contribution is 0.142. The molecule has 6 heteroatoms. The Morgan fingerprint density at radius 1 is 1.12 bits per heavy atom. The van der Waals surface area contributed by atoms with Crippen LogP contribution < -0.4 is 10.6 Å². The fourth-order valence-corrected chi connectivity index (χ4v) is 2.78. The van der Waals surface area contributed by atoms with Crippen molar-refractivity contribution in [2.45, 2.75) is 25.6 Å². The summed E-state index contributed by atoms with van der Waals surface area (Å²) >= 11 is 0. The SMILES string of the molecule is C1CNCCN1.CCC(O)[Si](C)(OC)OC. The van der Waals surface area contributed by atoms with Crippen molar-refractivity contribution < 1.29 is 14.0 Å². The van der Waals surface area contributed by atoms with E-state index in [1.165, 1.54) is 0 Å². The first-order valence-corrected chi connectivity index (χ1v) is 8.20. The third kappa shape index (κ3) is 5.93. The second-order valence-corrected chi connectivity index (χ2v) is 7.36. The summed E-state index contributed by atoms with van der Waals surface area (Å²) in [5.74, 6) is 0. The van der Waals surface area contributed by atoms with Crippen molar-refractivity contribution in [3.8, 4) is 0 Å². The molecule has 0 aromatic carbocycles. The normalized spacial score (nSPS) is 18.6. The van der Waals surface area contributed by atoms with E-state index in [1.54, 1.807) is 14.2 Å². The molecule has 1 saturated heterocycles. The quantitative estimate of drug-likeness (QED) is 0.605. The molecule has 98 valence electrons. The molecule has 1 aliphatic heterocycles. The van der Waals surface area contributed by atoms with E-state index < -0.39 is 14.3 Å². The maximum absolute atomic E-state index is 9.39. The fourth-order valence-electron chi connectivity index (χ4n) is 1.33. The van der Waals surface area contributed by atoms with Gasteiger partial charge in [-0.2, -0.15) is 0 Å². The van der Waals surface area contributed by atoms with E-state index in [2.05, 4.69) is 10.6 Å². The number of hydrogen-bond donors (Lipinski definition) is 3. The highest BCUT2D eigenvalue weighted by molar-refractivity contribution is 6.67. The summed E-state index contributed by atoms with van der Waals surface area (Å²) in [6.07, 6.45) is 0.685. The zero-order valence-corrected chi connectivity index (χ0v) is 11.9. The van der Waals surface area contributed by atoms with Crippen molar-refractivity contribution >= 4 is 8.56 Å². The average molecular weight is 250 g/mol. The summed E-state index contributed by atoms with van der Waals surface area (Å²) in [6, 6.07) is 0. The molecule has 0 amide bonds. The predicted molar refractivity (Wildman–Crippen MR) is 67.7 cm³/mol. The molecule has 0 bridgehead atoms. The van der Waals surface area contributed by atoms with E-state index in [9.17, 15) is 5.11 Å². The molecule has 0 aliphatic carbocycles. The lowest BCUT2D eigenvalue weighted by Gasteiger charge is -2.26. The first-order chi connectivity index (χ1) is 7.60. The monoisotopic (exact) mass is 250 g/mol. The maximum Gasteiger partial charge on any atom is 0.364 e. The van der Waals surface area contributed by atoms with E-state index >= 15 is 0 Å². The van der Waals surface area contributed by atoms with Gasteiger partial charge in [-0.1, -0.05) is 6.92 Å². The van der Waals surface area contributed by atoms with Crippen LogP contribution in [0.3, 0.4) is 0 Å². The second-order valence-electron chi connectivity index (χ2n) is 3.85. The van der Waals surface area contributed by atoms with Crippen LogP contribution in [0.4, 0.5) is 0 Å². The first-order valence-electron chi connectivity index (χ1n) is 5.80. The average Bonchev–Trinajstić information content (AvgIpc) is 2.39. The minimum atomic E-state index is -2.25. The van der Waals surface area contributed by atoms with Gasteiger partial charge in [-0.3, -0.25) is 0 Å². The predicted octanol–water partition coefficient (Wildman–Crippen LogP) is -0.159. The van der Waals surface area contributed by atoms with Gasteiger partial charge < -0.3 is 24.6 Å². The molecular weight excluding hydrogens is 224 g/mol. The zero-order chi connectivity index (χ0) is 12.4. The van der Waals surface area contributed by atoms with Gasteiger partial charge in [0.25, 0.3) is 0 Å². The minimum absolute atomic E-state index is 0.428. The molecule has 16 heavy (non-hydrogen) atoms. The minimum Gasteiger partial charge on any atom is -0.396 e. The zero-order valence-electron chi connectivity index (χ0n) is 10.9. The first kappa shape index (κ1) is 16.0. The van der Waals surface area contributed by atoms with Crippen LogP contribution in [-0.2, 0) is 8.85 Å². The Morgan fingerprint density at radius 2 is 1.50 bits per heavy atom. The number of hydrogen-bond acceptors (Lipinski definition) is 5. The third-order valence-electron chi connectivity index (χ3n) is 2.76. The summed E-state index contributed by atoms with van der Waals surface area (Å²) in [4.78, 5) is 0. The highest BCUT2D eigenvalue weighted by Crippen LogP contribution is 2.12. The van der Waals surface area contributed by atoms with Crippen LogP contribution in [0, 0.1) is 0 Å². The Hall–Kier alpha value is 0.0169. The largest absolute Gasteiger partial charge is 0.396 e. The summed E-state index contributed by atoms with van der Waals surface area (Å²) in [7, 11) is 0.911. The Morgan fingerprint density at radius 3 is 1.62 bits per heavy atom. The topological polar surface area (TPSA) is 62.8 Å². The number of aliphatic hydroxyl groups excluding tert-OH is 1. The van der Waals surface area contributed by atoms with Gasteiger partial charge in [0, 0.05) is 40.4 Å². The van der Waals surface area contributed by atoms with Crippen molar-refractivity contribution in [3.63, 3.8) is 0 Å². The lowest BCUT2D eigenvalue weighted by atomic mass is 10.4. The number of nitrogens with one attached hydrogen (secondary N) is 2. The lowest BCUT2D eigenvalue weighted by Crippen LogP contribution is -2.48. The summed E-state index contributed by atoms with van der Waals surface area (Å²) in [5, 5.41) is 15.8. The standard InChI is InChI=1S/C6H16O3Si.C4H10N2/c1-5-6(7)10(4,8-2)9-3;1-2-6-4-3-5-1/h6-7H,5H2,1-4H3;5-6H,1-4H2. The molecule has 1 atom stereocenters. The molecule has 1 unspecified atom stereocenters. The summed E-state index contributed by atoms with van der Waals surface area (Å²) in [6.45, 7) is 8.31. The van der Waals surface area contributed by atoms with Gasteiger partial charge in [0.05, 0.1) is 5.73 Å². The van der Waals surface area contributed by atoms with Crippen LogP contribution in [0.15, 0.2) is 0 Å². The Kier molecular flexibility index (Phi) is 9.10. The second kappa shape index (κ2) is 9.09. The van der Waals surface area contributed by atoms with Gasteiger partial charge in [0.2, 0.25) is 0 Å². The van der Waals surface area contributed by atoms with Crippen molar-refractivity contribution in [2.24, 2.45) is 0 Å². The molecule has 1 fully saturated rings. The van der Waals surface area contributed by atoms with E-state index in [4.69, 9.17) is 8.85 Å². The van der Waals surface area contributed by atoms with E-state index in [0.717, 1.165) is 26.2 Å². The van der Waals surface area contributed by atoms with Gasteiger partial charge in [0.15, 0.2) is 0 Å². The van der Waals surface area contributed by atoms with Gasteiger partial charge >= 0.3 is 8.56 Å². The molecule has 0 aromatic heterocycles. The summed E-state index contributed by atoms with van der Waals surface area (Å²) in [5.41, 5.74) is -0.428. The van der Waals surface area contributed by atoms with Crippen LogP contribution in [-0.4, -0.2) is 59.8 Å².